The van der Waals surface area contributed by atoms with Crippen molar-refractivity contribution < 1.29 is 0 Å². The quantitative estimate of drug-likeness (QED) is 0.461. The summed E-state index contributed by atoms with van der Waals surface area (Å²) in [5.41, 5.74) is 4.95. The van der Waals surface area contributed by atoms with Crippen LogP contribution in [0.3, 0.4) is 0 Å². The van der Waals surface area contributed by atoms with E-state index in [0.717, 1.165) is 59.9 Å². The number of fused-ring (bicyclic) bond motifs is 1. The Kier molecular flexibility index (Phi) is 5.81. The van der Waals surface area contributed by atoms with Crippen molar-refractivity contribution in [2.24, 2.45) is 0 Å². The summed E-state index contributed by atoms with van der Waals surface area (Å²) in [7, 11) is 0. The molecule has 0 aliphatic rings. The molecule has 2 N–H and O–H groups in total. The zero-order valence-electron chi connectivity index (χ0n) is 16.9. The Morgan fingerprint density at radius 3 is 2.48 bits per heavy atom. The van der Waals surface area contributed by atoms with E-state index in [0.29, 0.717) is 0 Å². The van der Waals surface area contributed by atoms with Gasteiger partial charge in [-0.15, -0.1) is 0 Å². The molecule has 0 saturated carbocycles. The normalized spacial score (nSPS) is 11.3. The van der Waals surface area contributed by atoms with Crippen molar-refractivity contribution in [2.45, 2.75) is 20.3 Å². The molecule has 2 aromatic carbocycles. The van der Waals surface area contributed by atoms with E-state index in [-0.39, 0.29) is 0 Å². The minimum absolute atomic E-state index is 0.724. The lowest BCUT2D eigenvalue weighted by Gasteiger charge is -2.19. The van der Waals surface area contributed by atoms with Gasteiger partial charge in [0.15, 0.2) is 5.65 Å². The van der Waals surface area contributed by atoms with Crippen LogP contribution in [-0.4, -0.2) is 44.7 Å². The van der Waals surface area contributed by atoms with Crippen LogP contribution >= 0.6 is 0 Å². The molecule has 0 spiro atoms. The second kappa shape index (κ2) is 8.84. The number of hydrogen-bond acceptors (Lipinski definition) is 5. The second-order valence-corrected chi connectivity index (χ2v) is 6.94. The smallest absolute Gasteiger partial charge is 0.161 e. The van der Waals surface area contributed by atoms with E-state index in [1.807, 2.05) is 30.3 Å². The van der Waals surface area contributed by atoms with Gasteiger partial charge in [-0.1, -0.05) is 62.4 Å². The van der Waals surface area contributed by atoms with E-state index in [1.165, 1.54) is 5.56 Å². The summed E-state index contributed by atoms with van der Waals surface area (Å²) in [6, 6.07) is 18.5. The molecule has 2 aromatic heterocycles. The van der Waals surface area contributed by atoms with Crippen LogP contribution < -0.4 is 5.32 Å². The molecule has 4 rings (SSSR count). The SMILES string of the molecule is CCN(CC)CCc1ccccc1Nc1ncnc2[nH]nc(-c3ccccc3)c12. The number of nitrogens with zero attached hydrogens (tertiary/aromatic N) is 4. The standard InChI is InChI=1S/C23H26N6/c1-3-29(4-2)15-14-17-10-8-9-13-19(17)26-22-20-21(18-11-6-5-7-12-18)27-28-23(20)25-16-24-22/h5-13,16H,3-4,14-15H2,1-2H3,(H2,24,25,26,27,28). The molecule has 2 heterocycles. The van der Waals surface area contributed by atoms with Gasteiger partial charge in [0.1, 0.15) is 17.8 Å². The number of benzene rings is 2. The second-order valence-electron chi connectivity index (χ2n) is 6.94. The Morgan fingerprint density at radius 1 is 0.931 bits per heavy atom. The highest BCUT2D eigenvalue weighted by atomic mass is 15.2. The summed E-state index contributed by atoms with van der Waals surface area (Å²) >= 11 is 0. The highest BCUT2D eigenvalue weighted by Gasteiger charge is 2.15. The maximum absolute atomic E-state index is 4.54. The predicted octanol–water partition coefficient (Wildman–Crippen LogP) is 4.65. The van der Waals surface area contributed by atoms with Crippen LogP contribution in [-0.2, 0) is 6.42 Å². The molecule has 6 heteroatoms. The minimum atomic E-state index is 0.724. The van der Waals surface area contributed by atoms with Crippen molar-refractivity contribution in [1.29, 1.82) is 0 Å². The van der Waals surface area contributed by atoms with E-state index in [2.05, 4.69) is 68.5 Å². The molecular weight excluding hydrogens is 360 g/mol. The fourth-order valence-corrected chi connectivity index (χ4v) is 3.57. The monoisotopic (exact) mass is 386 g/mol. The first-order chi connectivity index (χ1) is 14.3. The van der Waals surface area contributed by atoms with Crippen LogP contribution in [0.2, 0.25) is 0 Å². The lowest BCUT2D eigenvalue weighted by molar-refractivity contribution is 0.308. The molecule has 4 aromatic rings. The summed E-state index contributed by atoms with van der Waals surface area (Å²) in [5.74, 6) is 0.762. The summed E-state index contributed by atoms with van der Waals surface area (Å²) in [5, 5.41) is 12.0. The fraction of sp³-hybridized carbons (Fsp3) is 0.261. The zero-order valence-corrected chi connectivity index (χ0v) is 16.9. The average Bonchev–Trinajstić information content (AvgIpc) is 3.21. The van der Waals surface area contributed by atoms with Crippen LogP contribution in [0, 0.1) is 0 Å². The van der Waals surface area contributed by atoms with Crippen LogP contribution in [0.25, 0.3) is 22.3 Å². The maximum atomic E-state index is 4.54. The van der Waals surface area contributed by atoms with Crippen molar-refractivity contribution in [3.8, 4) is 11.3 Å². The van der Waals surface area contributed by atoms with E-state index in [1.54, 1.807) is 6.33 Å². The first-order valence-corrected chi connectivity index (χ1v) is 10.1. The number of aromatic nitrogens is 4. The van der Waals surface area contributed by atoms with Gasteiger partial charge in [0, 0.05) is 17.8 Å². The fourth-order valence-electron chi connectivity index (χ4n) is 3.57. The molecule has 0 radical (unpaired) electrons. The Hall–Kier alpha value is -3.25. The number of aromatic amines is 1. The van der Waals surface area contributed by atoms with Gasteiger partial charge in [0.2, 0.25) is 0 Å². The average molecular weight is 387 g/mol. The van der Waals surface area contributed by atoms with Gasteiger partial charge in [0.05, 0.1) is 5.39 Å². The number of nitrogens with one attached hydrogen (secondary N) is 2. The molecule has 0 atom stereocenters. The topological polar surface area (TPSA) is 69.7 Å². The van der Waals surface area contributed by atoms with Gasteiger partial charge in [-0.3, -0.25) is 5.10 Å². The largest absolute Gasteiger partial charge is 0.339 e. The van der Waals surface area contributed by atoms with Gasteiger partial charge < -0.3 is 10.2 Å². The molecule has 0 bridgehead atoms. The summed E-state index contributed by atoms with van der Waals surface area (Å²) in [6.07, 6.45) is 2.55. The summed E-state index contributed by atoms with van der Waals surface area (Å²) in [6.45, 7) is 7.57. The highest BCUT2D eigenvalue weighted by molar-refractivity contribution is 5.99. The van der Waals surface area contributed by atoms with Crippen LogP contribution in [0.4, 0.5) is 11.5 Å². The third-order valence-corrected chi connectivity index (χ3v) is 5.27. The predicted molar refractivity (Wildman–Crippen MR) is 118 cm³/mol. The number of H-pyrrole nitrogens is 1. The van der Waals surface area contributed by atoms with Gasteiger partial charge in [0.25, 0.3) is 0 Å². The Bertz CT molecular complexity index is 1070. The van der Waals surface area contributed by atoms with E-state index < -0.39 is 0 Å². The Balaban J connectivity index is 1.68. The number of likely N-dealkylation sites (N-methyl/N-ethyl adjacent to an activating group) is 1. The summed E-state index contributed by atoms with van der Waals surface area (Å²) < 4.78 is 0. The van der Waals surface area contributed by atoms with Gasteiger partial charge in [-0.25, -0.2) is 9.97 Å². The number of rotatable bonds is 8. The molecule has 0 aliphatic heterocycles. The molecule has 0 aliphatic carbocycles. The highest BCUT2D eigenvalue weighted by Crippen LogP contribution is 2.32. The van der Waals surface area contributed by atoms with Crippen LogP contribution in [0.1, 0.15) is 19.4 Å². The third kappa shape index (κ3) is 4.12. The van der Waals surface area contributed by atoms with Gasteiger partial charge in [-0.05, 0) is 31.1 Å². The molecule has 0 saturated heterocycles. The van der Waals surface area contributed by atoms with Crippen molar-refractivity contribution in [2.75, 3.05) is 25.0 Å². The first-order valence-electron chi connectivity index (χ1n) is 10.1. The lowest BCUT2D eigenvalue weighted by Crippen LogP contribution is -2.25. The van der Waals surface area contributed by atoms with E-state index in [9.17, 15) is 0 Å². The van der Waals surface area contributed by atoms with Gasteiger partial charge in [-0.2, -0.15) is 5.10 Å². The molecule has 6 nitrogen and oxygen atoms in total. The number of hydrogen-bond donors (Lipinski definition) is 2. The van der Waals surface area contributed by atoms with Crippen LogP contribution in [0.5, 0.6) is 0 Å². The first kappa shape index (κ1) is 19.1. The number of para-hydroxylation sites is 1. The summed E-state index contributed by atoms with van der Waals surface area (Å²) in [4.78, 5) is 11.3. The van der Waals surface area contributed by atoms with Crippen molar-refractivity contribution in [1.82, 2.24) is 25.1 Å². The molecule has 29 heavy (non-hydrogen) atoms. The van der Waals surface area contributed by atoms with E-state index >= 15 is 0 Å². The van der Waals surface area contributed by atoms with Crippen molar-refractivity contribution in [3.63, 3.8) is 0 Å². The molecule has 0 unspecified atom stereocenters. The maximum Gasteiger partial charge on any atom is 0.161 e. The van der Waals surface area contributed by atoms with E-state index in [4.69, 9.17) is 0 Å². The van der Waals surface area contributed by atoms with Crippen LogP contribution in [0.15, 0.2) is 60.9 Å². The minimum Gasteiger partial charge on any atom is -0.339 e. The number of anilines is 2. The Labute approximate surface area is 171 Å². The van der Waals surface area contributed by atoms with Crippen molar-refractivity contribution >= 4 is 22.5 Å². The van der Waals surface area contributed by atoms with Gasteiger partial charge >= 0.3 is 0 Å². The third-order valence-electron chi connectivity index (χ3n) is 5.27. The van der Waals surface area contributed by atoms with Crippen molar-refractivity contribution in [3.05, 3.63) is 66.5 Å². The molecule has 0 amide bonds. The molecule has 148 valence electrons. The molecule has 0 fully saturated rings. The zero-order chi connectivity index (χ0) is 20.1. The molecular formula is C23H26N6. The Morgan fingerprint density at radius 2 is 1.69 bits per heavy atom. The lowest BCUT2D eigenvalue weighted by atomic mass is 10.1.